The van der Waals surface area contributed by atoms with Gasteiger partial charge in [-0.2, -0.15) is 0 Å². The summed E-state index contributed by atoms with van der Waals surface area (Å²) >= 11 is 5.89. The van der Waals surface area contributed by atoms with Crippen LogP contribution >= 0.6 is 11.6 Å². The number of nitrogens with one attached hydrogen (secondary N) is 2. The molecule has 1 aliphatic heterocycles. The van der Waals surface area contributed by atoms with Crippen LogP contribution in [0.5, 0.6) is 0 Å². The minimum absolute atomic E-state index is 0.00224. The molecule has 0 aliphatic carbocycles. The van der Waals surface area contributed by atoms with E-state index in [4.69, 9.17) is 11.6 Å². The van der Waals surface area contributed by atoms with Gasteiger partial charge in [-0.15, -0.1) is 0 Å². The zero-order chi connectivity index (χ0) is 22.7. The Labute approximate surface area is 190 Å². The van der Waals surface area contributed by atoms with Crippen molar-refractivity contribution in [3.05, 3.63) is 65.7 Å². The summed E-state index contributed by atoms with van der Waals surface area (Å²) in [5.41, 5.74) is 1.93. The Morgan fingerprint density at radius 3 is 2.94 bits per heavy atom. The average Bonchev–Trinajstić information content (AvgIpc) is 3.20. The molecule has 6 nitrogen and oxygen atoms in total. The first-order valence-electron chi connectivity index (χ1n) is 10.1. The van der Waals surface area contributed by atoms with Gasteiger partial charge in [0.1, 0.15) is 12.1 Å². The number of carbonyl (C=O) groups excluding carboxylic acids is 1. The highest BCUT2D eigenvalue weighted by Crippen LogP contribution is 2.31. The maximum Gasteiger partial charge on any atom is 0.247 e. The monoisotopic (exact) mass is 449 g/mol. The minimum atomic E-state index is -0.579. The highest BCUT2D eigenvalue weighted by molar-refractivity contribution is 6.31. The average molecular weight is 450 g/mol. The Balaban J connectivity index is 1.77. The number of aromatic nitrogens is 2. The van der Waals surface area contributed by atoms with Gasteiger partial charge in [-0.3, -0.25) is 4.79 Å². The van der Waals surface area contributed by atoms with Gasteiger partial charge >= 0.3 is 0 Å². The molecule has 162 valence electrons. The van der Waals surface area contributed by atoms with Gasteiger partial charge in [0.2, 0.25) is 5.91 Å². The molecule has 0 bridgehead atoms. The number of likely N-dealkylation sites (tertiary alicyclic amines) is 1. The van der Waals surface area contributed by atoms with E-state index in [9.17, 15) is 9.18 Å². The van der Waals surface area contributed by atoms with Crippen LogP contribution in [0, 0.1) is 23.6 Å². The molecule has 8 heteroatoms. The Morgan fingerprint density at radius 1 is 1.34 bits per heavy atom. The summed E-state index contributed by atoms with van der Waals surface area (Å²) in [4.78, 5) is 22.9. The number of hydrogen-bond donors (Lipinski definition) is 2. The highest BCUT2D eigenvalue weighted by atomic mass is 35.5. The van der Waals surface area contributed by atoms with Crippen molar-refractivity contribution in [1.82, 2.24) is 14.9 Å². The molecular weight excluding hydrogens is 429 g/mol. The number of nitrogens with zero attached hydrogens (tertiary/aromatic N) is 3. The van der Waals surface area contributed by atoms with Gasteiger partial charge in [-0.25, -0.2) is 14.4 Å². The second-order valence-electron chi connectivity index (χ2n) is 7.57. The number of benzene rings is 2. The second kappa shape index (κ2) is 9.35. The van der Waals surface area contributed by atoms with Crippen molar-refractivity contribution in [2.75, 3.05) is 30.8 Å². The van der Waals surface area contributed by atoms with Gasteiger partial charge in [0.25, 0.3) is 0 Å². The first kappa shape index (κ1) is 21.8. The van der Waals surface area contributed by atoms with Crippen LogP contribution in [0.15, 0.2) is 49.3 Å². The van der Waals surface area contributed by atoms with E-state index < -0.39 is 5.82 Å². The Kier molecular flexibility index (Phi) is 6.35. The molecule has 1 saturated heterocycles. The second-order valence-corrected chi connectivity index (χ2v) is 7.98. The summed E-state index contributed by atoms with van der Waals surface area (Å²) in [6.07, 6.45) is 3.58. The van der Waals surface area contributed by atoms with Crippen molar-refractivity contribution in [2.24, 2.45) is 5.92 Å². The summed E-state index contributed by atoms with van der Waals surface area (Å²) in [5, 5.41) is 6.36. The number of carbonyl (C=O) groups is 1. The molecule has 0 saturated carbocycles. The summed E-state index contributed by atoms with van der Waals surface area (Å²) in [5.74, 6) is 6.21. The molecule has 1 aromatic heterocycles. The summed E-state index contributed by atoms with van der Waals surface area (Å²) in [6.45, 7) is 5.44. The Morgan fingerprint density at radius 2 is 2.19 bits per heavy atom. The summed E-state index contributed by atoms with van der Waals surface area (Å²) < 4.78 is 14.4. The van der Waals surface area contributed by atoms with Crippen molar-refractivity contribution in [3.63, 3.8) is 0 Å². The zero-order valence-corrected chi connectivity index (χ0v) is 18.2. The number of anilines is 3. The summed E-state index contributed by atoms with van der Waals surface area (Å²) in [6, 6.07) is 8.19. The number of halogens is 2. The maximum atomic E-state index is 14.4. The first-order valence-corrected chi connectivity index (χ1v) is 10.5. The molecule has 4 rings (SSSR count). The Hall–Kier alpha value is -3.47. The van der Waals surface area contributed by atoms with E-state index in [0.29, 0.717) is 28.0 Å². The lowest BCUT2D eigenvalue weighted by molar-refractivity contribution is -0.111. The standard InChI is InChI=1S/C24H21ClFN5O/c1-3-22(32)29-20-12-17-21(11-16(20)8-7-15-9-10-31(2)13-15)27-14-28-24(17)30-19-6-4-5-18(25)23(19)26/h3-6,11-12,14-15H,1,9-10,13H2,2H3,(H,29,32)(H,27,28,30)/t15-/m0/s1. The third-order valence-corrected chi connectivity index (χ3v) is 5.52. The molecule has 0 radical (unpaired) electrons. The van der Waals surface area contributed by atoms with Gasteiger partial charge in [-0.05, 0) is 50.4 Å². The first-order chi connectivity index (χ1) is 15.4. The lowest BCUT2D eigenvalue weighted by atomic mass is 10.1. The molecule has 3 aromatic rings. The minimum Gasteiger partial charge on any atom is -0.337 e. The van der Waals surface area contributed by atoms with Gasteiger partial charge < -0.3 is 15.5 Å². The Bertz CT molecular complexity index is 1270. The van der Waals surface area contributed by atoms with E-state index in [1.165, 1.54) is 18.5 Å². The van der Waals surface area contributed by atoms with Crippen molar-refractivity contribution in [3.8, 4) is 11.8 Å². The van der Waals surface area contributed by atoms with Gasteiger partial charge in [0.05, 0.1) is 27.5 Å². The molecule has 0 unspecified atom stereocenters. The van der Waals surface area contributed by atoms with Crippen LogP contribution < -0.4 is 10.6 Å². The fourth-order valence-electron chi connectivity index (χ4n) is 3.55. The van der Waals surface area contributed by atoms with E-state index >= 15 is 0 Å². The highest BCUT2D eigenvalue weighted by Gasteiger charge is 2.17. The van der Waals surface area contributed by atoms with Gasteiger partial charge in [0.15, 0.2) is 5.82 Å². The van der Waals surface area contributed by atoms with Crippen molar-refractivity contribution < 1.29 is 9.18 Å². The fourth-order valence-corrected chi connectivity index (χ4v) is 3.73. The number of amides is 1. The lowest BCUT2D eigenvalue weighted by Gasteiger charge is -2.12. The quantitative estimate of drug-likeness (QED) is 0.450. The number of rotatable bonds is 4. The molecule has 2 heterocycles. The van der Waals surface area contributed by atoms with Crippen LogP contribution in [0.3, 0.4) is 0 Å². The topological polar surface area (TPSA) is 70.1 Å². The third kappa shape index (κ3) is 4.72. The van der Waals surface area contributed by atoms with Gasteiger partial charge in [0, 0.05) is 17.8 Å². The number of fused-ring (bicyclic) bond motifs is 1. The molecule has 2 N–H and O–H groups in total. The van der Waals surface area contributed by atoms with Crippen LogP contribution in [0.25, 0.3) is 10.9 Å². The predicted molar refractivity (Wildman–Crippen MR) is 126 cm³/mol. The molecule has 1 fully saturated rings. The molecule has 0 spiro atoms. The fraction of sp³-hybridized carbons (Fsp3) is 0.208. The number of hydrogen-bond acceptors (Lipinski definition) is 5. The van der Waals surface area contributed by atoms with Crippen LogP contribution in [0.1, 0.15) is 12.0 Å². The third-order valence-electron chi connectivity index (χ3n) is 5.22. The smallest absolute Gasteiger partial charge is 0.247 e. The normalized spacial score (nSPS) is 15.8. The molecule has 32 heavy (non-hydrogen) atoms. The van der Waals surface area contributed by atoms with Crippen LogP contribution in [-0.2, 0) is 4.79 Å². The molecule has 1 atom stereocenters. The SMILES string of the molecule is C=CC(=O)Nc1cc2c(Nc3cccc(Cl)c3F)ncnc2cc1C#C[C@H]1CCN(C)C1. The van der Waals surface area contributed by atoms with Crippen molar-refractivity contribution in [1.29, 1.82) is 0 Å². The molecular formula is C24H21ClFN5O. The van der Waals surface area contributed by atoms with E-state index in [1.807, 2.05) is 0 Å². The van der Waals surface area contributed by atoms with Gasteiger partial charge in [-0.1, -0.05) is 36.1 Å². The van der Waals surface area contributed by atoms with E-state index in [1.54, 1.807) is 24.3 Å². The largest absolute Gasteiger partial charge is 0.337 e. The zero-order valence-electron chi connectivity index (χ0n) is 17.5. The van der Waals surface area contributed by atoms with Crippen LogP contribution in [0.2, 0.25) is 5.02 Å². The molecule has 1 amide bonds. The van der Waals surface area contributed by atoms with Crippen LogP contribution in [0.4, 0.5) is 21.6 Å². The lowest BCUT2D eigenvalue weighted by Crippen LogP contribution is -2.13. The van der Waals surface area contributed by atoms with Crippen LogP contribution in [-0.4, -0.2) is 40.9 Å². The predicted octanol–water partition coefficient (Wildman–Crippen LogP) is 4.59. The van der Waals surface area contributed by atoms with Crippen molar-refractivity contribution in [2.45, 2.75) is 6.42 Å². The van der Waals surface area contributed by atoms with E-state index in [-0.39, 0.29) is 22.5 Å². The van der Waals surface area contributed by atoms with Crippen molar-refractivity contribution >= 4 is 45.6 Å². The molecule has 2 aromatic carbocycles. The maximum absolute atomic E-state index is 14.4. The van der Waals surface area contributed by atoms with E-state index in [0.717, 1.165) is 19.5 Å². The summed E-state index contributed by atoms with van der Waals surface area (Å²) in [7, 11) is 2.07. The van der Waals surface area contributed by atoms with E-state index in [2.05, 4.69) is 51.0 Å². The molecule has 1 aliphatic rings.